The highest BCUT2D eigenvalue weighted by Crippen LogP contribution is 2.12. The second-order valence-electron chi connectivity index (χ2n) is 6.61. The molecular formula is C17H37ClIN. The zero-order chi connectivity index (χ0) is 14.4. The zero-order valence-corrected chi connectivity index (χ0v) is 17.0. The molecule has 0 fully saturated rings. The van der Waals surface area contributed by atoms with Crippen molar-refractivity contribution in [1.82, 2.24) is 0 Å². The summed E-state index contributed by atoms with van der Waals surface area (Å²) in [7, 11) is 4.58. The molecule has 0 N–H and O–H groups in total. The van der Waals surface area contributed by atoms with Crippen molar-refractivity contribution in [2.24, 2.45) is 0 Å². The molecule has 0 saturated carbocycles. The van der Waals surface area contributed by atoms with Gasteiger partial charge in [0.15, 0.2) is 0 Å². The SMILES string of the molecule is CCCCCCCCCCCCC[N+](C)(C)CCCl.[I-]. The molecule has 0 aromatic heterocycles. The van der Waals surface area contributed by atoms with Crippen LogP contribution in [-0.2, 0) is 0 Å². The summed E-state index contributed by atoms with van der Waals surface area (Å²) in [6.07, 6.45) is 15.7. The summed E-state index contributed by atoms with van der Waals surface area (Å²) in [5.74, 6) is 0.783. The maximum atomic E-state index is 5.81. The minimum atomic E-state index is 0. The van der Waals surface area contributed by atoms with Gasteiger partial charge in [0.05, 0.1) is 33.1 Å². The van der Waals surface area contributed by atoms with E-state index in [1.54, 1.807) is 0 Å². The third-order valence-electron chi connectivity index (χ3n) is 4.06. The molecule has 0 bridgehead atoms. The highest BCUT2D eigenvalue weighted by atomic mass is 127. The van der Waals surface area contributed by atoms with Crippen LogP contribution in [0.3, 0.4) is 0 Å². The predicted octanol–water partition coefficient (Wildman–Crippen LogP) is 2.62. The van der Waals surface area contributed by atoms with Crippen molar-refractivity contribution in [3.63, 3.8) is 0 Å². The van der Waals surface area contributed by atoms with E-state index in [1.165, 1.54) is 77.2 Å². The molecule has 3 heteroatoms. The molecule has 1 nitrogen and oxygen atoms in total. The number of rotatable bonds is 14. The van der Waals surface area contributed by atoms with Gasteiger partial charge in [-0.15, -0.1) is 11.6 Å². The minimum Gasteiger partial charge on any atom is -1.00 e. The molecule has 20 heavy (non-hydrogen) atoms. The fourth-order valence-corrected chi connectivity index (χ4v) is 3.00. The number of nitrogens with zero attached hydrogens (tertiary/aromatic N) is 1. The van der Waals surface area contributed by atoms with Crippen LogP contribution in [0.1, 0.15) is 77.6 Å². The Balaban J connectivity index is 0. The van der Waals surface area contributed by atoms with Gasteiger partial charge in [-0.25, -0.2) is 0 Å². The van der Waals surface area contributed by atoms with Crippen LogP contribution in [0.25, 0.3) is 0 Å². The Kier molecular flexibility index (Phi) is 19.0. The summed E-state index contributed by atoms with van der Waals surface area (Å²) in [4.78, 5) is 0. The molecule has 0 aliphatic carbocycles. The smallest absolute Gasteiger partial charge is 0.0920 e. The van der Waals surface area contributed by atoms with Crippen LogP contribution in [0, 0.1) is 0 Å². The minimum absolute atomic E-state index is 0. The van der Waals surface area contributed by atoms with Crippen molar-refractivity contribution in [3.05, 3.63) is 0 Å². The van der Waals surface area contributed by atoms with E-state index >= 15 is 0 Å². The Labute approximate surface area is 150 Å². The van der Waals surface area contributed by atoms with E-state index < -0.39 is 0 Å². The van der Waals surface area contributed by atoms with Gasteiger partial charge in [-0.3, -0.25) is 0 Å². The van der Waals surface area contributed by atoms with E-state index in [0.29, 0.717) is 0 Å². The summed E-state index contributed by atoms with van der Waals surface area (Å²) in [5.41, 5.74) is 0. The first-order valence-corrected chi connectivity index (χ1v) is 9.04. The number of hydrogen-bond donors (Lipinski definition) is 0. The van der Waals surface area contributed by atoms with E-state index in [4.69, 9.17) is 11.6 Å². The van der Waals surface area contributed by atoms with Crippen LogP contribution in [0.4, 0.5) is 0 Å². The first-order valence-electron chi connectivity index (χ1n) is 8.50. The number of hydrogen-bond acceptors (Lipinski definition) is 0. The lowest BCUT2D eigenvalue weighted by molar-refractivity contribution is -0.888. The molecule has 0 saturated heterocycles. The van der Waals surface area contributed by atoms with Gasteiger partial charge >= 0.3 is 0 Å². The highest BCUT2D eigenvalue weighted by Gasteiger charge is 2.12. The van der Waals surface area contributed by atoms with Crippen molar-refractivity contribution < 1.29 is 28.5 Å². The molecule has 0 unspecified atom stereocenters. The molecular weight excluding hydrogens is 381 g/mol. The monoisotopic (exact) mass is 417 g/mol. The van der Waals surface area contributed by atoms with Crippen LogP contribution < -0.4 is 24.0 Å². The fourth-order valence-electron chi connectivity index (χ4n) is 2.54. The number of quaternary nitrogens is 1. The van der Waals surface area contributed by atoms with E-state index in [2.05, 4.69) is 21.0 Å². The predicted molar refractivity (Wildman–Crippen MR) is 89.0 cm³/mol. The van der Waals surface area contributed by atoms with Gasteiger partial charge in [0.1, 0.15) is 0 Å². The summed E-state index contributed by atoms with van der Waals surface area (Å²) in [5, 5.41) is 0. The lowest BCUT2D eigenvalue weighted by Gasteiger charge is -2.28. The average molecular weight is 418 g/mol. The number of halogens is 2. The molecule has 0 aromatic carbocycles. The topological polar surface area (TPSA) is 0 Å². The molecule has 0 radical (unpaired) electrons. The first kappa shape index (κ1) is 23.2. The van der Waals surface area contributed by atoms with Gasteiger partial charge in [-0.1, -0.05) is 64.7 Å². The van der Waals surface area contributed by atoms with Crippen molar-refractivity contribution in [3.8, 4) is 0 Å². The van der Waals surface area contributed by atoms with E-state index in [1.807, 2.05) is 0 Å². The van der Waals surface area contributed by atoms with Gasteiger partial charge in [0.2, 0.25) is 0 Å². The van der Waals surface area contributed by atoms with Crippen LogP contribution in [-0.4, -0.2) is 37.5 Å². The van der Waals surface area contributed by atoms with Crippen LogP contribution in [0.2, 0.25) is 0 Å². The molecule has 0 aliphatic rings. The zero-order valence-electron chi connectivity index (χ0n) is 14.1. The fraction of sp³-hybridized carbons (Fsp3) is 1.00. The third kappa shape index (κ3) is 17.0. The number of alkyl halides is 1. The molecule has 0 amide bonds. The van der Waals surface area contributed by atoms with Gasteiger partial charge in [-0.2, -0.15) is 0 Å². The Morgan fingerprint density at radius 2 is 1.05 bits per heavy atom. The van der Waals surface area contributed by atoms with Crippen LogP contribution in [0.5, 0.6) is 0 Å². The molecule has 0 aliphatic heterocycles. The number of unbranched alkanes of at least 4 members (excludes halogenated alkanes) is 10. The van der Waals surface area contributed by atoms with Gasteiger partial charge in [-0.05, 0) is 12.8 Å². The summed E-state index contributed by atoms with van der Waals surface area (Å²) < 4.78 is 1.08. The molecule has 0 atom stereocenters. The quantitative estimate of drug-likeness (QED) is 0.176. The second kappa shape index (κ2) is 16.4. The van der Waals surface area contributed by atoms with Crippen molar-refractivity contribution >= 4 is 11.6 Å². The van der Waals surface area contributed by atoms with Gasteiger partial charge < -0.3 is 28.5 Å². The van der Waals surface area contributed by atoms with Crippen molar-refractivity contribution in [2.45, 2.75) is 77.6 Å². The molecule has 0 rings (SSSR count). The van der Waals surface area contributed by atoms with Crippen molar-refractivity contribution in [1.29, 1.82) is 0 Å². The third-order valence-corrected chi connectivity index (χ3v) is 4.23. The van der Waals surface area contributed by atoms with Crippen LogP contribution >= 0.6 is 11.6 Å². The Morgan fingerprint density at radius 1 is 0.650 bits per heavy atom. The molecule has 124 valence electrons. The lowest BCUT2D eigenvalue weighted by atomic mass is 10.1. The van der Waals surface area contributed by atoms with E-state index in [0.717, 1.165) is 16.9 Å². The van der Waals surface area contributed by atoms with Gasteiger partial charge in [0, 0.05) is 0 Å². The standard InChI is InChI=1S/C17H37ClN.HI/c1-4-5-6-7-8-9-10-11-12-13-14-16-19(2,3)17-15-18;/h4-17H2,1-3H3;1H/q+1;/p-1. The van der Waals surface area contributed by atoms with Gasteiger partial charge in [0.25, 0.3) is 0 Å². The normalized spacial score (nSPS) is 11.4. The molecule has 0 aromatic rings. The highest BCUT2D eigenvalue weighted by molar-refractivity contribution is 6.17. The Bertz CT molecular complexity index is 186. The average Bonchev–Trinajstić information content (AvgIpc) is 2.36. The van der Waals surface area contributed by atoms with Crippen LogP contribution in [0.15, 0.2) is 0 Å². The largest absolute Gasteiger partial charge is 1.00 e. The molecule has 0 heterocycles. The van der Waals surface area contributed by atoms with E-state index in [9.17, 15) is 0 Å². The van der Waals surface area contributed by atoms with E-state index in [-0.39, 0.29) is 24.0 Å². The maximum absolute atomic E-state index is 5.81. The van der Waals surface area contributed by atoms with Crippen molar-refractivity contribution in [2.75, 3.05) is 33.1 Å². The summed E-state index contributed by atoms with van der Waals surface area (Å²) in [6.45, 7) is 4.66. The lowest BCUT2D eigenvalue weighted by Crippen LogP contribution is -3.00. The first-order chi connectivity index (χ1) is 9.12. The Hall–Kier alpha value is 0.980. The Morgan fingerprint density at radius 3 is 1.45 bits per heavy atom. The summed E-state index contributed by atoms with van der Waals surface area (Å²) in [6, 6.07) is 0. The maximum Gasteiger partial charge on any atom is 0.0920 e. The second-order valence-corrected chi connectivity index (χ2v) is 6.99. The molecule has 0 spiro atoms. The summed E-state index contributed by atoms with van der Waals surface area (Å²) >= 11 is 5.81.